The van der Waals surface area contributed by atoms with Gasteiger partial charge in [-0.15, -0.1) is 0 Å². The monoisotopic (exact) mass is 255 g/mol. The van der Waals surface area contributed by atoms with Gasteiger partial charge in [-0.1, -0.05) is 30.3 Å². The quantitative estimate of drug-likeness (QED) is 0.665. The maximum atomic E-state index is 11.3. The van der Waals surface area contributed by atoms with E-state index in [1.54, 1.807) is 6.08 Å². The fourth-order valence-corrected chi connectivity index (χ4v) is 2.61. The molecule has 0 aromatic heterocycles. The van der Waals surface area contributed by atoms with Crippen LogP contribution in [0.3, 0.4) is 0 Å². The van der Waals surface area contributed by atoms with Crippen LogP contribution in [0.25, 0.3) is 4.91 Å². The summed E-state index contributed by atoms with van der Waals surface area (Å²) in [4.78, 5) is 12.2. The lowest BCUT2D eigenvalue weighted by Gasteiger charge is -2.19. The molecule has 1 aromatic rings. The molecule has 1 unspecified atom stereocenters. The van der Waals surface area contributed by atoms with Gasteiger partial charge in [0.25, 0.3) is 5.24 Å². The predicted molar refractivity (Wildman–Crippen MR) is 65.7 cm³/mol. The summed E-state index contributed by atoms with van der Waals surface area (Å²) in [5.41, 5.74) is -0.186. The van der Waals surface area contributed by atoms with E-state index in [4.69, 9.17) is 16.3 Å². The van der Waals surface area contributed by atoms with Gasteiger partial charge in [0.1, 0.15) is 0 Å². The van der Waals surface area contributed by atoms with Crippen molar-refractivity contribution in [1.29, 1.82) is 0 Å². The second-order valence-corrected chi connectivity index (χ2v) is 4.48. The van der Waals surface area contributed by atoms with Gasteiger partial charge in [-0.2, -0.15) is 0 Å². The Morgan fingerprint density at radius 1 is 1.44 bits per heavy atom. The minimum absolute atomic E-state index is 0.576. The highest BCUT2D eigenvalue weighted by atomic mass is 35.5. The zero-order chi connectivity index (χ0) is 11.6. The van der Waals surface area contributed by atoms with Crippen LogP contribution in [-0.4, -0.2) is 18.1 Å². The zero-order valence-corrected chi connectivity index (χ0v) is 10.1. The average Bonchev–Trinajstić information content (AvgIpc) is 2.76. The number of rotatable bonds is 3. The largest absolute Gasteiger partial charge is 0.351 e. The molecule has 1 N–H and O–H groups in total. The molecule has 0 spiro atoms. The smallest absolute Gasteiger partial charge is 0.273 e. The van der Waals surface area contributed by atoms with Crippen LogP contribution in [0.15, 0.2) is 36.4 Å². The lowest BCUT2D eigenvalue weighted by Crippen LogP contribution is -2.44. The minimum atomic E-state index is -1.21. The second kappa shape index (κ2) is 4.59. The van der Waals surface area contributed by atoms with Crippen LogP contribution in [0.1, 0.15) is 5.56 Å². The van der Waals surface area contributed by atoms with E-state index >= 15 is 0 Å². The Kier molecular flexibility index (Phi) is 3.35. The SMILES string of the molecule is COC1(C(=O)Cl)C=C(c2ccccc2)SN1. The molecular weight excluding hydrogens is 246 g/mol. The van der Waals surface area contributed by atoms with Crippen molar-refractivity contribution >= 4 is 33.7 Å². The Hall–Kier alpha value is -0.810. The molecule has 0 bridgehead atoms. The first-order chi connectivity index (χ1) is 7.68. The molecule has 16 heavy (non-hydrogen) atoms. The molecule has 0 saturated carbocycles. The predicted octanol–water partition coefficient (Wildman–Crippen LogP) is 2.39. The molecule has 1 aliphatic rings. The number of methoxy groups -OCH3 is 1. The van der Waals surface area contributed by atoms with E-state index in [0.29, 0.717) is 0 Å². The Balaban J connectivity index is 2.34. The summed E-state index contributed by atoms with van der Waals surface area (Å²) < 4.78 is 8.01. The third kappa shape index (κ3) is 2.01. The number of carbonyl (C=O) groups excluding carboxylic acids is 1. The van der Waals surface area contributed by atoms with Gasteiger partial charge in [0, 0.05) is 12.0 Å². The van der Waals surface area contributed by atoms with Crippen LogP contribution >= 0.6 is 23.5 Å². The number of benzene rings is 1. The van der Waals surface area contributed by atoms with Crippen LogP contribution in [0.2, 0.25) is 0 Å². The molecule has 1 aromatic carbocycles. The highest BCUT2D eigenvalue weighted by Gasteiger charge is 2.40. The van der Waals surface area contributed by atoms with E-state index in [2.05, 4.69) is 4.72 Å². The van der Waals surface area contributed by atoms with Crippen molar-refractivity contribution in [3.63, 3.8) is 0 Å². The van der Waals surface area contributed by atoms with Crippen LogP contribution < -0.4 is 4.72 Å². The van der Waals surface area contributed by atoms with Gasteiger partial charge in [0.15, 0.2) is 0 Å². The molecule has 0 amide bonds. The number of hydrogen-bond acceptors (Lipinski definition) is 4. The summed E-state index contributed by atoms with van der Waals surface area (Å²) in [6.45, 7) is 0. The molecule has 2 rings (SSSR count). The molecule has 5 heteroatoms. The third-order valence-corrected chi connectivity index (χ3v) is 3.58. The molecule has 0 aliphatic carbocycles. The van der Waals surface area contributed by atoms with Crippen molar-refractivity contribution in [2.45, 2.75) is 5.72 Å². The van der Waals surface area contributed by atoms with E-state index in [9.17, 15) is 4.79 Å². The zero-order valence-electron chi connectivity index (χ0n) is 8.57. The highest BCUT2D eigenvalue weighted by Crippen LogP contribution is 2.37. The van der Waals surface area contributed by atoms with E-state index in [-0.39, 0.29) is 0 Å². The molecule has 3 nitrogen and oxygen atoms in total. The van der Waals surface area contributed by atoms with Crippen LogP contribution in [0, 0.1) is 0 Å². The first kappa shape index (κ1) is 11.7. The van der Waals surface area contributed by atoms with Crippen molar-refractivity contribution in [2.24, 2.45) is 0 Å². The lowest BCUT2D eigenvalue weighted by molar-refractivity contribution is -0.127. The maximum absolute atomic E-state index is 11.3. The molecule has 0 saturated heterocycles. The number of carbonyl (C=O) groups is 1. The standard InChI is InChI=1S/C11H10ClNO2S/c1-15-11(10(12)14)7-9(16-13-11)8-5-3-2-4-6-8/h2-7,13H,1H3. The lowest BCUT2D eigenvalue weighted by atomic mass is 10.1. The molecular formula is C11H10ClNO2S. The normalized spacial score (nSPS) is 24.2. The first-order valence-corrected chi connectivity index (χ1v) is 5.85. The van der Waals surface area contributed by atoms with Crippen molar-refractivity contribution in [1.82, 2.24) is 4.72 Å². The summed E-state index contributed by atoms with van der Waals surface area (Å²) in [7, 11) is 1.44. The van der Waals surface area contributed by atoms with E-state index in [1.165, 1.54) is 19.1 Å². The van der Waals surface area contributed by atoms with Crippen molar-refractivity contribution in [3.8, 4) is 0 Å². The Bertz CT molecular complexity index is 435. The summed E-state index contributed by atoms with van der Waals surface area (Å²) >= 11 is 6.85. The van der Waals surface area contributed by atoms with Gasteiger partial charge in [-0.05, 0) is 35.2 Å². The van der Waals surface area contributed by atoms with Crippen molar-refractivity contribution < 1.29 is 9.53 Å². The van der Waals surface area contributed by atoms with Gasteiger partial charge in [-0.3, -0.25) is 4.79 Å². The molecule has 1 heterocycles. The van der Waals surface area contributed by atoms with Gasteiger partial charge in [-0.25, -0.2) is 4.72 Å². The second-order valence-electron chi connectivity index (χ2n) is 3.29. The molecule has 1 aliphatic heterocycles. The number of nitrogens with one attached hydrogen (secondary N) is 1. The van der Waals surface area contributed by atoms with Gasteiger partial charge < -0.3 is 4.74 Å². The summed E-state index contributed by atoms with van der Waals surface area (Å²) in [6.07, 6.45) is 1.70. The van der Waals surface area contributed by atoms with Crippen LogP contribution in [-0.2, 0) is 9.53 Å². The van der Waals surface area contributed by atoms with E-state index in [1.807, 2.05) is 30.3 Å². The Labute approximate surface area is 103 Å². The minimum Gasteiger partial charge on any atom is -0.351 e. The third-order valence-electron chi connectivity index (χ3n) is 2.32. The fourth-order valence-electron chi connectivity index (χ4n) is 1.40. The maximum Gasteiger partial charge on any atom is 0.273 e. The van der Waals surface area contributed by atoms with Gasteiger partial charge in [0.05, 0.1) is 0 Å². The molecule has 0 radical (unpaired) electrons. The van der Waals surface area contributed by atoms with Crippen LogP contribution in [0.5, 0.6) is 0 Å². The molecule has 84 valence electrons. The Morgan fingerprint density at radius 3 is 2.62 bits per heavy atom. The number of hydrogen-bond donors (Lipinski definition) is 1. The first-order valence-electron chi connectivity index (χ1n) is 4.65. The highest BCUT2D eigenvalue weighted by molar-refractivity contribution is 8.06. The average molecular weight is 256 g/mol. The summed E-state index contributed by atoms with van der Waals surface area (Å²) in [6, 6.07) is 9.74. The molecule has 1 atom stereocenters. The molecule has 0 fully saturated rings. The van der Waals surface area contributed by atoms with Crippen LogP contribution in [0.4, 0.5) is 0 Å². The summed E-state index contributed by atoms with van der Waals surface area (Å²) in [5, 5.41) is -0.576. The fraction of sp³-hybridized carbons (Fsp3) is 0.182. The van der Waals surface area contributed by atoms with Gasteiger partial charge in [0.2, 0.25) is 5.72 Å². The summed E-state index contributed by atoms with van der Waals surface area (Å²) in [5.74, 6) is 0. The van der Waals surface area contributed by atoms with Gasteiger partial charge >= 0.3 is 0 Å². The Morgan fingerprint density at radius 2 is 2.12 bits per heavy atom. The van der Waals surface area contributed by atoms with Crippen molar-refractivity contribution in [3.05, 3.63) is 42.0 Å². The van der Waals surface area contributed by atoms with E-state index in [0.717, 1.165) is 10.5 Å². The number of ether oxygens (including phenoxy) is 1. The topological polar surface area (TPSA) is 38.3 Å². The van der Waals surface area contributed by atoms with Crippen molar-refractivity contribution in [2.75, 3.05) is 7.11 Å². The number of halogens is 1. The van der Waals surface area contributed by atoms with E-state index < -0.39 is 11.0 Å².